The summed E-state index contributed by atoms with van der Waals surface area (Å²) in [7, 11) is 1.43. The summed E-state index contributed by atoms with van der Waals surface area (Å²) < 4.78 is 10.3. The summed E-state index contributed by atoms with van der Waals surface area (Å²) in [4.78, 5) is 11.5. The van der Waals surface area contributed by atoms with Gasteiger partial charge in [0.1, 0.15) is 0 Å². The second kappa shape index (κ2) is 4.26. The highest BCUT2D eigenvalue weighted by Crippen LogP contribution is 2.32. The molecule has 0 fully saturated rings. The molecule has 70 valence electrons. The van der Waals surface area contributed by atoms with Crippen LogP contribution in [0.1, 0.15) is 10.4 Å². The molecule has 0 atom stereocenters. The van der Waals surface area contributed by atoms with Gasteiger partial charge in [-0.05, 0) is 18.2 Å². The van der Waals surface area contributed by atoms with E-state index < -0.39 is 0 Å². The highest BCUT2D eigenvalue weighted by Gasteiger charge is 2.15. The van der Waals surface area contributed by atoms with Gasteiger partial charge in [0.15, 0.2) is 17.3 Å². The first-order chi connectivity index (χ1) is 6.81. The average molecular weight is 222 g/mol. The van der Waals surface area contributed by atoms with Crippen LogP contribution in [0.2, 0.25) is 0 Å². The van der Waals surface area contributed by atoms with Crippen LogP contribution in [-0.2, 0) is 0 Å². The summed E-state index contributed by atoms with van der Waals surface area (Å²) in [6.07, 6.45) is 0. The van der Waals surface area contributed by atoms with Crippen LogP contribution in [-0.4, -0.2) is 33.5 Å². The van der Waals surface area contributed by atoms with Gasteiger partial charge in [0.2, 0.25) is 22.0 Å². The first kappa shape index (κ1) is 9.91. The number of hydrogen-bond acceptors (Lipinski definition) is 4. The summed E-state index contributed by atoms with van der Waals surface area (Å²) in [5, 5.41) is 0. The van der Waals surface area contributed by atoms with E-state index in [2.05, 4.69) is 15.2 Å². The molecular formula is C9H7AlO3S. The maximum Gasteiger partial charge on any atom is 0.233 e. The summed E-state index contributed by atoms with van der Waals surface area (Å²) >= 11 is 2.46. The van der Waals surface area contributed by atoms with E-state index in [1.807, 2.05) is 0 Å². The van der Waals surface area contributed by atoms with Gasteiger partial charge in [-0.1, -0.05) is 0 Å². The molecule has 0 spiro atoms. The number of ether oxygens (including phenoxy) is 2. The van der Waals surface area contributed by atoms with Crippen molar-refractivity contribution in [3.8, 4) is 11.5 Å². The summed E-state index contributed by atoms with van der Waals surface area (Å²) in [5.41, 5.74) is 0.671. The van der Waals surface area contributed by atoms with E-state index in [9.17, 15) is 4.79 Å². The van der Waals surface area contributed by atoms with E-state index in [0.717, 1.165) is 0 Å². The molecule has 0 aromatic heterocycles. The molecule has 0 saturated heterocycles. The summed E-state index contributed by atoms with van der Waals surface area (Å²) in [6, 6.07) is 5.26. The standard InChI is InChI=1S/C9H8O3S.Al/c10-7(4-13)6-1-2-8-9(3-6)12-5-11-8;/h1-3,13H,4-5H2;/q;+1/p-1. The number of carbonyl (C=O) groups excluding carboxylic acids is 1. The lowest BCUT2D eigenvalue weighted by Crippen LogP contribution is -2.01. The number of rotatable bonds is 3. The molecule has 0 aliphatic carbocycles. The van der Waals surface area contributed by atoms with Crippen molar-refractivity contribution in [1.29, 1.82) is 0 Å². The van der Waals surface area contributed by atoms with Crippen molar-refractivity contribution in [1.82, 2.24) is 0 Å². The van der Waals surface area contributed by atoms with Crippen LogP contribution in [0, 0.1) is 0 Å². The SMILES string of the molecule is O=C(C[S][Al])c1ccc2c(c1)OCO2. The molecule has 1 aromatic rings. The molecule has 0 amide bonds. The summed E-state index contributed by atoms with van der Waals surface area (Å²) in [6.45, 7) is 0.241. The second-order valence-corrected chi connectivity index (χ2v) is 4.42. The lowest BCUT2D eigenvalue weighted by Gasteiger charge is -2.01. The Morgan fingerprint density at radius 1 is 1.43 bits per heavy atom. The van der Waals surface area contributed by atoms with Gasteiger partial charge >= 0.3 is 0 Å². The molecule has 0 unspecified atom stereocenters. The number of fused-ring (bicyclic) bond motifs is 1. The van der Waals surface area contributed by atoms with Crippen molar-refractivity contribution >= 4 is 31.1 Å². The number of ketones is 1. The van der Waals surface area contributed by atoms with Crippen LogP contribution in [0.4, 0.5) is 0 Å². The molecule has 14 heavy (non-hydrogen) atoms. The fraction of sp³-hybridized carbons (Fsp3) is 0.222. The summed E-state index contributed by atoms with van der Waals surface area (Å²) in [5.74, 6) is 1.93. The van der Waals surface area contributed by atoms with E-state index in [1.165, 1.54) is 10.1 Å². The third-order valence-corrected chi connectivity index (χ3v) is 2.84. The van der Waals surface area contributed by atoms with E-state index in [1.54, 1.807) is 18.2 Å². The van der Waals surface area contributed by atoms with Crippen molar-refractivity contribution in [2.75, 3.05) is 12.5 Å². The minimum atomic E-state index is 0.100. The van der Waals surface area contributed by atoms with Crippen molar-refractivity contribution in [2.24, 2.45) is 0 Å². The van der Waals surface area contributed by atoms with Crippen molar-refractivity contribution < 1.29 is 14.3 Å². The molecule has 2 radical (unpaired) electrons. The van der Waals surface area contributed by atoms with Crippen molar-refractivity contribution in [2.45, 2.75) is 0 Å². The zero-order valence-corrected chi connectivity index (χ0v) is 9.33. The van der Waals surface area contributed by atoms with Crippen molar-refractivity contribution in [3.63, 3.8) is 0 Å². The van der Waals surface area contributed by atoms with Crippen LogP contribution in [0.5, 0.6) is 11.5 Å². The molecule has 1 aromatic carbocycles. The van der Waals surface area contributed by atoms with Gasteiger partial charge in [0.25, 0.3) is 0 Å². The lowest BCUT2D eigenvalue weighted by molar-refractivity contribution is 0.102. The Bertz CT molecular complexity index is 367. The fourth-order valence-corrected chi connectivity index (χ4v) is 2.00. The van der Waals surface area contributed by atoms with Gasteiger partial charge in [-0.15, -0.1) is 0 Å². The van der Waals surface area contributed by atoms with Gasteiger partial charge in [-0.3, -0.25) is 14.9 Å². The predicted octanol–water partition coefficient (Wildman–Crippen LogP) is 1.41. The van der Waals surface area contributed by atoms with Gasteiger partial charge < -0.3 is 9.47 Å². The Morgan fingerprint density at radius 2 is 2.21 bits per heavy atom. The van der Waals surface area contributed by atoms with Gasteiger partial charge in [0.05, 0.1) is 0 Å². The molecule has 0 N–H and O–H groups in total. The number of carbonyl (C=O) groups is 1. The Balaban J connectivity index is 2.24. The molecule has 1 aliphatic rings. The number of hydrogen-bond donors (Lipinski definition) is 0. The first-order valence-corrected chi connectivity index (χ1v) is 6.52. The Kier molecular flexibility index (Phi) is 3.02. The second-order valence-electron chi connectivity index (χ2n) is 2.80. The van der Waals surface area contributed by atoms with Crippen LogP contribution >= 0.6 is 10.1 Å². The van der Waals surface area contributed by atoms with E-state index >= 15 is 0 Å². The maximum atomic E-state index is 11.5. The Labute approximate surface area is 93.2 Å². The molecule has 3 nitrogen and oxygen atoms in total. The molecule has 5 heteroatoms. The van der Waals surface area contributed by atoms with Crippen LogP contribution < -0.4 is 9.47 Å². The minimum absolute atomic E-state index is 0.100. The monoisotopic (exact) mass is 222 g/mol. The Morgan fingerprint density at radius 3 is 3.00 bits per heavy atom. The molecule has 1 aliphatic heterocycles. The molecule has 2 rings (SSSR count). The molecule has 0 saturated carbocycles. The normalized spacial score (nSPS) is 12.9. The van der Waals surface area contributed by atoms with Gasteiger partial charge in [-0.25, -0.2) is 0 Å². The highest BCUT2D eigenvalue weighted by molar-refractivity contribution is 8.20. The highest BCUT2D eigenvalue weighted by atomic mass is 32.3. The van der Waals surface area contributed by atoms with E-state index in [0.29, 0.717) is 22.8 Å². The molecular weight excluding hydrogens is 215 g/mol. The lowest BCUT2D eigenvalue weighted by atomic mass is 10.1. The fourth-order valence-electron chi connectivity index (χ4n) is 1.23. The molecule has 0 bridgehead atoms. The third-order valence-electron chi connectivity index (χ3n) is 1.91. The Hall–Kier alpha value is -0.628. The third kappa shape index (κ3) is 1.90. The van der Waals surface area contributed by atoms with Crippen LogP contribution in [0.15, 0.2) is 18.2 Å². The smallest absolute Gasteiger partial charge is 0.233 e. The number of benzene rings is 1. The zero-order valence-electron chi connectivity index (χ0n) is 7.36. The first-order valence-electron chi connectivity index (χ1n) is 4.06. The van der Waals surface area contributed by atoms with Crippen LogP contribution in [0.25, 0.3) is 0 Å². The van der Waals surface area contributed by atoms with Gasteiger partial charge in [0, 0.05) is 11.3 Å². The van der Waals surface area contributed by atoms with Gasteiger partial charge in [-0.2, -0.15) is 0 Å². The maximum absolute atomic E-state index is 11.5. The van der Waals surface area contributed by atoms with E-state index in [-0.39, 0.29) is 12.6 Å². The van der Waals surface area contributed by atoms with Crippen molar-refractivity contribution in [3.05, 3.63) is 23.8 Å². The average Bonchev–Trinajstić information content (AvgIpc) is 2.64. The largest absolute Gasteiger partial charge is 0.454 e. The zero-order chi connectivity index (χ0) is 9.97. The number of Topliss-reactive ketones (excluding diaryl/α,β-unsaturated/α-hetero) is 1. The topological polar surface area (TPSA) is 35.5 Å². The molecule has 1 heterocycles. The van der Waals surface area contributed by atoms with Crippen LogP contribution in [0.3, 0.4) is 0 Å². The quantitative estimate of drug-likeness (QED) is 0.572. The predicted molar refractivity (Wildman–Crippen MR) is 55.1 cm³/mol. The van der Waals surface area contributed by atoms with E-state index in [4.69, 9.17) is 9.47 Å². The minimum Gasteiger partial charge on any atom is -0.454 e.